The Morgan fingerprint density at radius 3 is 2.72 bits per heavy atom. The van der Waals surface area contributed by atoms with E-state index in [9.17, 15) is 19.7 Å². The predicted octanol–water partition coefficient (Wildman–Crippen LogP) is 2.41. The molecule has 29 heavy (non-hydrogen) atoms. The average molecular weight is 422 g/mol. The number of carbonyl (C=O) groups excluding carboxylic acids is 1. The molecule has 0 aromatic heterocycles. The fourth-order valence-corrected chi connectivity index (χ4v) is 2.59. The number of halogens is 1. The highest BCUT2D eigenvalue weighted by Gasteiger charge is 2.15. The average Bonchev–Trinajstić information content (AvgIpc) is 2.66. The highest BCUT2D eigenvalue weighted by molar-refractivity contribution is 6.32. The van der Waals surface area contributed by atoms with E-state index in [1.165, 1.54) is 43.7 Å². The highest BCUT2D eigenvalue weighted by atomic mass is 35.5. The number of rotatable bonds is 9. The SMILES string of the molecule is COc1cc(/C=N/NC(=O)Cc2ccccc2[N+](=O)[O-])cc(Cl)c1OCC(=O)O. The fourth-order valence-electron chi connectivity index (χ4n) is 2.32. The van der Waals surface area contributed by atoms with Gasteiger partial charge in [-0.3, -0.25) is 14.9 Å². The summed E-state index contributed by atoms with van der Waals surface area (Å²) >= 11 is 6.08. The molecular formula is C18H16ClN3O7. The van der Waals surface area contributed by atoms with Gasteiger partial charge < -0.3 is 14.6 Å². The smallest absolute Gasteiger partial charge is 0.341 e. The minimum atomic E-state index is -1.17. The second-order valence-corrected chi connectivity index (χ2v) is 5.98. The van der Waals surface area contributed by atoms with Gasteiger partial charge in [-0.25, -0.2) is 10.2 Å². The van der Waals surface area contributed by atoms with Crippen LogP contribution in [0.4, 0.5) is 5.69 Å². The summed E-state index contributed by atoms with van der Waals surface area (Å²) in [4.78, 5) is 33.1. The van der Waals surface area contributed by atoms with Crippen LogP contribution in [0.25, 0.3) is 0 Å². The number of nitrogens with zero attached hydrogens (tertiary/aromatic N) is 2. The molecule has 0 aliphatic heterocycles. The monoisotopic (exact) mass is 421 g/mol. The number of carboxylic acids is 1. The lowest BCUT2D eigenvalue weighted by Crippen LogP contribution is -2.20. The van der Waals surface area contributed by atoms with E-state index in [0.717, 1.165) is 0 Å². The summed E-state index contributed by atoms with van der Waals surface area (Å²) in [7, 11) is 1.36. The standard InChI is InChI=1S/C18H16ClN3O7/c1-28-15-7-11(6-13(19)18(15)29-10-17(24)25)9-20-21-16(23)8-12-4-2-3-5-14(12)22(26)27/h2-7,9H,8,10H2,1H3,(H,21,23)(H,24,25)/b20-9+. The number of hydrogen-bond acceptors (Lipinski definition) is 7. The van der Waals surface area contributed by atoms with E-state index in [1.807, 2.05) is 0 Å². The Labute approximate surface area is 169 Å². The van der Waals surface area contributed by atoms with Gasteiger partial charge in [0.05, 0.1) is 29.7 Å². The first kappa shape index (κ1) is 21.6. The van der Waals surface area contributed by atoms with Gasteiger partial charge in [-0.15, -0.1) is 0 Å². The van der Waals surface area contributed by atoms with Crippen molar-refractivity contribution in [2.24, 2.45) is 5.10 Å². The van der Waals surface area contributed by atoms with Crippen molar-refractivity contribution in [3.05, 3.63) is 62.7 Å². The second kappa shape index (κ2) is 10.0. The fraction of sp³-hybridized carbons (Fsp3) is 0.167. The Morgan fingerprint density at radius 1 is 1.34 bits per heavy atom. The summed E-state index contributed by atoms with van der Waals surface area (Å²) in [6.45, 7) is -0.592. The maximum absolute atomic E-state index is 12.0. The molecule has 0 heterocycles. The number of ether oxygens (including phenoxy) is 2. The molecule has 0 spiro atoms. The zero-order chi connectivity index (χ0) is 21.4. The highest BCUT2D eigenvalue weighted by Crippen LogP contribution is 2.36. The number of carbonyl (C=O) groups is 2. The maximum Gasteiger partial charge on any atom is 0.341 e. The van der Waals surface area contributed by atoms with E-state index in [0.29, 0.717) is 5.56 Å². The lowest BCUT2D eigenvalue weighted by atomic mass is 10.1. The van der Waals surface area contributed by atoms with Crippen molar-refractivity contribution in [1.29, 1.82) is 0 Å². The lowest BCUT2D eigenvalue weighted by molar-refractivity contribution is -0.385. The Hall–Kier alpha value is -3.66. The second-order valence-electron chi connectivity index (χ2n) is 5.57. The molecule has 0 fully saturated rings. The van der Waals surface area contributed by atoms with Crippen LogP contribution in [-0.2, 0) is 16.0 Å². The minimum Gasteiger partial charge on any atom is -0.493 e. The molecule has 2 rings (SSSR count). The first-order chi connectivity index (χ1) is 13.8. The number of nitro benzene ring substituents is 1. The zero-order valence-corrected chi connectivity index (χ0v) is 15.9. The number of para-hydroxylation sites is 1. The van der Waals surface area contributed by atoms with Gasteiger partial charge in [0.15, 0.2) is 18.1 Å². The van der Waals surface area contributed by atoms with Crippen molar-refractivity contribution >= 4 is 35.4 Å². The number of hydrazone groups is 1. The van der Waals surface area contributed by atoms with Crippen LogP contribution in [-0.4, -0.2) is 41.8 Å². The molecule has 0 saturated heterocycles. The summed E-state index contributed by atoms with van der Waals surface area (Å²) in [6, 6.07) is 8.84. The van der Waals surface area contributed by atoms with E-state index in [-0.39, 0.29) is 34.2 Å². The molecule has 11 heteroatoms. The van der Waals surface area contributed by atoms with Crippen molar-refractivity contribution in [1.82, 2.24) is 5.43 Å². The molecule has 2 N–H and O–H groups in total. The molecule has 0 aliphatic rings. The van der Waals surface area contributed by atoms with E-state index >= 15 is 0 Å². The predicted molar refractivity (Wildman–Crippen MR) is 104 cm³/mol. The molecule has 2 aromatic carbocycles. The molecule has 0 unspecified atom stereocenters. The molecule has 152 valence electrons. The molecule has 0 atom stereocenters. The first-order valence-electron chi connectivity index (χ1n) is 8.08. The summed E-state index contributed by atoms with van der Waals surface area (Å²) in [5, 5.41) is 23.6. The number of hydrogen-bond donors (Lipinski definition) is 2. The topological polar surface area (TPSA) is 140 Å². The van der Waals surface area contributed by atoms with Crippen LogP contribution in [0.2, 0.25) is 5.02 Å². The normalized spacial score (nSPS) is 10.6. The minimum absolute atomic E-state index is 0.0640. The van der Waals surface area contributed by atoms with Gasteiger partial charge in [0.2, 0.25) is 5.91 Å². The van der Waals surface area contributed by atoms with Gasteiger partial charge in [0.1, 0.15) is 0 Å². The van der Waals surface area contributed by atoms with E-state index in [1.54, 1.807) is 6.07 Å². The van der Waals surface area contributed by atoms with Gasteiger partial charge >= 0.3 is 5.97 Å². The van der Waals surface area contributed by atoms with Crippen LogP contribution in [0.1, 0.15) is 11.1 Å². The molecular weight excluding hydrogens is 406 g/mol. The Bertz CT molecular complexity index is 962. The van der Waals surface area contributed by atoms with Crippen LogP contribution in [0.15, 0.2) is 41.5 Å². The van der Waals surface area contributed by atoms with Crippen molar-refractivity contribution in [2.45, 2.75) is 6.42 Å². The zero-order valence-electron chi connectivity index (χ0n) is 15.1. The van der Waals surface area contributed by atoms with Gasteiger partial charge in [-0.05, 0) is 17.7 Å². The van der Waals surface area contributed by atoms with Crippen molar-refractivity contribution < 1.29 is 29.1 Å². The number of aliphatic carboxylic acids is 1. The molecule has 0 bridgehead atoms. The molecule has 0 aliphatic carbocycles. The largest absolute Gasteiger partial charge is 0.493 e. The van der Waals surface area contributed by atoms with Crippen LogP contribution in [0.5, 0.6) is 11.5 Å². The number of benzene rings is 2. The Kier molecular flexibility index (Phi) is 7.49. The third-order valence-corrected chi connectivity index (χ3v) is 3.81. The summed E-state index contributed by atoms with van der Waals surface area (Å²) in [5.41, 5.74) is 2.82. The van der Waals surface area contributed by atoms with Crippen LogP contribution in [0.3, 0.4) is 0 Å². The van der Waals surface area contributed by atoms with Gasteiger partial charge in [0.25, 0.3) is 5.69 Å². The quantitative estimate of drug-likeness (QED) is 0.360. The number of carboxylic acid groups (broad SMARTS) is 1. The van der Waals surface area contributed by atoms with Gasteiger partial charge in [0, 0.05) is 11.6 Å². The van der Waals surface area contributed by atoms with Gasteiger partial charge in [-0.2, -0.15) is 5.10 Å². The number of nitrogens with one attached hydrogen (secondary N) is 1. The molecule has 0 radical (unpaired) electrons. The Balaban J connectivity index is 2.06. The third kappa shape index (κ3) is 6.18. The van der Waals surface area contributed by atoms with Crippen LogP contribution in [0, 0.1) is 10.1 Å². The maximum atomic E-state index is 12.0. The molecule has 0 saturated carbocycles. The number of nitro groups is 1. The van der Waals surface area contributed by atoms with E-state index in [2.05, 4.69) is 10.5 Å². The van der Waals surface area contributed by atoms with Crippen molar-refractivity contribution in [3.63, 3.8) is 0 Å². The van der Waals surface area contributed by atoms with Crippen molar-refractivity contribution in [2.75, 3.05) is 13.7 Å². The molecule has 2 aromatic rings. The Morgan fingerprint density at radius 2 is 2.07 bits per heavy atom. The van der Waals surface area contributed by atoms with Crippen molar-refractivity contribution in [3.8, 4) is 11.5 Å². The summed E-state index contributed by atoms with van der Waals surface area (Å²) < 4.78 is 10.2. The summed E-state index contributed by atoms with van der Waals surface area (Å²) in [5.74, 6) is -1.47. The van der Waals surface area contributed by atoms with Gasteiger partial charge in [-0.1, -0.05) is 29.8 Å². The number of methoxy groups -OCH3 is 1. The lowest BCUT2D eigenvalue weighted by Gasteiger charge is -2.11. The van der Waals surface area contributed by atoms with Crippen LogP contribution >= 0.6 is 11.6 Å². The van der Waals surface area contributed by atoms with E-state index in [4.69, 9.17) is 26.2 Å². The van der Waals surface area contributed by atoms with E-state index < -0.39 is 23.4 Å². The first-order valence-corrected chi connectivity index (χ1v) is 8.46. The molecule has 1 amide bonds. The number of amides is 1. The molecule has 10 nitrogen and oxygen atoms in total. The summed E-state index contributed by atoms with van der Waals surface area (Å²) in [6.07, 6.45) is 1.06. The third-order valence-electron chi connectivity index (χ3n) is 3.53. The van der Waals surface area contributed by atoms with Crippen LogP contribution < -0.4 is 14.9 Å².